The first-order valence-corrected chi connectivity index (χ1v) is 45.9. The van der Waals surface area contributed by atoms with E-state index in [1.165, 1.54) is 49.1 Å². The molecule has 0 fully saturated rings. The van der Waals surface area contributed by atoms with Crippen LogP contribution < -0.4 is 37.9 Å². The van der Waals surface area contributed by atoms with Crippen LogP contribution in [0.3, 0.4) is 0 Å². The number of aryl methyl sites for hydroxylation is 3. The van der Waals surface area contributed by atoms with Crippen molar-refractivity contribution in [1.29, 1.82) is 0 Å². The Morgan fingerprint density at radius 1 is 0.179 bits per heavy atom. The van der Waals surface area contributed by atoms with Crippen LogP contribution in [0.5, 0.6) is 69.0 Å². The van der Waals surface area contributed by atoms with E-state index in [0.717, 1.165) is 50.6 Å². The first-order valence-electron chi connectivity index (χ1n) is 38.5. The second-order valence-corrected chi connectivity index (χ2v) is 38.3. The summed E-state index contributed by atoms with van der Waals surface area (Å²) in [6.07, 6.45) is 0. The molecule has 0 aliphatic rings. The molecular formula is C100H88O18S5. The van der Waals surface area contributed by atoms with E-state index in [1.54, 1.807) is 258 Å². The fraction of sp³-hybridized carbons (Fsp3) is 0.100. The lowest BCUT2D eigenvalue weighted by atomic mass is 9.78. The summed E-state index contributed by atoms with van der Waals surface area (Å²) in [6, 6.07) is 105. The molecular weight excluding hydrogens is 1650 g/mol. The van der Waals surface area contributed by atoms with E-state index in [1.807, 2.05) is 93.6 Å². The third-order valence-electron chi connectivity index (χ3n) is 19.8. The van der Waals surface area contributed by atoms with Gasteiger partial charge < -0.3 is 37.9 Å². The monoisotopic (exact) mass is 1740 g/mol. The Bertz CT molecular complexity index is 6640. The lowest BCUT2D eigenvalue weighted by Crippen LogP contribution is -2.18. The molecule has 626 valence electrons. The Morgan fingerprint density at radius 3 is 0.537 bits per heavy atom. The predicted octanol–water partition coefficient (Wildman–Crippen LogP) is 23.0. The minimum absolute atomic E-state index is 0.129. The molecule has 123 heavy (non-hydrogen) atoms. The molecule has 0 aromatic heterocycles. The van der Waals surface area contributed by atoms with Crippen molar-refractivity contribution in [3.8, 4) is 80.1 Å². The lowest BCUT2D eigenvalue weighted by Gasteiger charge is -2.26. The number of benzene rings is 15. The van der Waals surface area contributed by atoms with E-state index in [4.69, 9.17) is 37.9 Å². The highest BCUT2D eigenvalue weighted by Crippen LogP contribution is 2.38. The highest BCUT2D eigenvalue weighted by Gasteiger charge is 2.26. The largest absolute Gasteiger partial charge is 0.497 e. The molecule has 15 aromatic rings. The van der Waals surface area contributed by atoms with Gasteiger partial charge in [0.15, 0.2) is 0 Å². The van der Waals surface area contributed by atoms with Crippen LogP contribution in [0.4, 0.5) is 0 Å². The van der Waals surface area contributed by atoms with Crippen molar-refractivity contribution in [2.24, 2.45) is 0 Å². The molecule has 15 rings (SSSR count). The standard InChI is InChI=1S/C29H28O4S.C26H22O6S2.C25H20O4S.C20H18O4S/c1-21-5-17-27(18-6-21)34(30,31)28-19-15-26(16-20-28)33-25-13-9-23(10-14-25)29(2,3)22-7-11-24(32-4)12-8-22;1-19-3-11-23(12-4-19)33(27,28)25-15-7-21(8-16-25)32-22-9-17-26(18-10-22)34(29,30)24-13-5-20(31-2)6-14-24;1-28-21-11-7-19(8-12-21)20-9-13-22(14-10-20)29-23-15-17-25(18-16-23)30(26,27)24-5-3-2-4-6-24;1-15-3-11-19(12-4-15)25(21,22)20-13-9-18(10-14-20)24-17-7-5-16(23-2)6-8-17/h5-20H,1-4H3;3-18H,1-2H3;2-18H,1H3;3-14H,1-2H3. The summed E-state index contributed by atoms with van der Waals surface area (Å²) >= 11 is 0. The summed E-state index contributed by atoms with van der Waals surface area (Å²) in [6.45, 7) is 10.1. The molecule has 23 heteroatoms. The lowest BCUT2D eigenvalue weighted by molar-refractivity contribution is 0.413. The summed E-state index contributed by atoms with van der Waals surface area (Å²) in [5.74, 6) is 7.52. The zero-order valence-electron chi connectivity index (χ0n) is 68.6. The maximum absolute atomic E-state index is 12.9. The van der Waals surface area contributed by atoms with Crippen molar-refractivity contribution in [2.45, 2.75) is 89.0 Å². The van der Waals surface area contributed by atoms with Gasteiger partial charge in [-0.3, -0.25) is 0 Å². The quantitative estimate of drug-likeness (QED) is 0.0516. The van der Waals surface area contributed by atoms with Crippen LogP contribution in [-0.4, -0.2) is 70.5 Å². The summed E-state index contributed by atoms with van der Waals surface area (Å²) in [5, 5.41) is 0. The summed E-state index contributed by atoms with van der Waals surface area (Å²) in [7, 11) is -11.5. The smallest absolute Gasteiger partial charge is 0.206 e. The molecule has 0 spiro atoms. The predicted molar refractivity (Wildman–Crippen MR) is 476 cm³/mol. The van der Waals surface area contributed by atoms with Gasteiger partial charge in [-0.25, -0.2) is 42.1 Å². The molecule has 0 aliphatic carbocycles. The maximum Gasteiger partial charge on any atom is 0.206 e. The SMILES string of the molecule is COc1ccc(-c2ccc(Oc3ccc(S(=O)(=O)c4ccccc4)cc3)cc2)cc1.COc1ccc(C(C)(C)c2ccc(Oc3ccc(S(=O)(=O)c4ccc(C)cc4)cc3)cc2)cc1.COc1ccc(Oc2ccc(S(=O)(=O)c3ccc(C)cc3)cc2)cc1.COc1ccc(S(=O)(=O)c2ccc(Oc3ccc(S(=O)(=O)c4ccc(C)cc4)cc3)cc2)cc1. The zero-order valence-corrected chi connectivity index (χ0v) is 72.7. The topological polar surface area (TPSA) is 245 Å². The number of ether oxygens (including phenoxy) is 8. The Balaban J connectivity index is 0.000000151. The van der Waals surface area contributed by atoms with E-state index in [0.29, 0.717) is 51.7 Å². The average Bonchev–Trinajstić information content (AvgIpc) is 0.813. The van der Waals surface area contributed by atoms with Crippen LogP contribution in [0.2, 0.25) is 0 Å². The van der Waals surface area contributed by atoms with Gasteiger partial charge in [-0.2, -0.15) is 0 Å². The Kier molecular flexibility index (Phi) is 28.4. The molecule has 0 aliphatic heterocycles. The fourth-order valence-electron chi connectivity index (χ4n) is 12.4. The minimum Gasteiger partial charge on any atom is -0.497 e. The third-order valence-corrected chi connectivity index (χ3v) is 28.7. The van der Waals surface area contributed by atoms with Gasteiger partial charge in [0.05, 0.1) is 77.4 Å². The molecule has 0 radical (unpaired) electrons. The second kappa shape index (κ2) is 39.3. The van der Waals surface area contributed by atoms with E-state index < -0.39 is 49.2 Å². The number of sulfone groups is 5. The molecule has 15 aromatic carbocycles. The van der Waals surface area contributed by atoms with E-state index >= 15 is 0 Å². The van der Waals surface area contributed by atoms with Gasteiger partial charge in [-0.1, -0.05) is 134 Å². The zero-order chi connectivity index (χ0) is 87.5. The molecule has 0 unspecified atom stereocenters. The van der Waals surface area contributed by atoms with Crippen molar-refractivity contribution in [3.63, 3.8) is 0 Å². The maximum atomic E-state index is 12.9. The van der Waals surface area contributed by atoms with Crippen molar-refractivity contribution in [2.75, 3.05) is 28.4 Å². The fourth-order valence-corrected chi connectivity index (χ4v) is 18.7. The van der Waals surface area contributed by atoms with Crippen LogP contribution in [0, 0.1) is 20.8 Å². The number of hydrogen-bond acceptors (Lipinski definition) is 18. The van der Waals surface area contributed by atoms with E-state index in [9.17, 15) is 42.1 Å². The molecule has 0 bridgehead atoms. The van der Waals surface area contributed by atoms with Gasteiger partial charge >= 0.3 is 0 Å². The highest BCUT2D eigenvalue weighted by atomic mass is 32.2. The molecule has 0 heterocycles. The van der Waals surface area contributed by atoms with Crippen molar-refractivity contribution in [1.82, 2.24) is 0 Å². The molecule has 18 nitrogen and oxygen atoms in total. The Morgan fingerprint density at radius 2 is 0.325 bits per heavy atom. The highest BCUT2D eigenvalue weighted by molar-refractivity contribution is 7.92. The molecule has 0 amide bonds. The Labute approximate surface area is 719 Å². The summed E-state index contributed by atoms with van der Waals surface area (Å²) < 4.78 is 171. The van der Waals surface area contributed by atoms with Gasteiger partial charge in [0.1, 0.15) is 69.0 Å². The minimum atomic E-state index is -3.68. The number of rotatable bonds is 25. The first-order chi connectivity index (χ1) is 58.9. The second-order valence-electron chi connectivity index (χ2n) is 28.5. The third kappa shape index (κ3) is 22.4. The van der Waals surface area contributed by atoms with E-state index in [2.05, 4.69) is 38.1 Å². The van der Waals surface area contributed by atoms with Gasteiger partial charge in [0.25, 0.3) is 0 Å². The van der Waals surface area contributed by atoms with Gasteiger partial charge in [-0.15, -0.1) is 0 Å². The van der Waals surface area contributed by atoms with Gasteiger partial charge in [0.2, 0.25) is 49.2 Å². The Hall–Kier alpha value is -13.6. The van der Waals surface area contributed by atoms with Crippen LogP contribution in [0.25, 0.3) is 11.1 Å². The van der Waals surface area contributed by atoms with Crippen molar-refractivity contribution < 1.29 is 80.0 Å². The van der Waals surface area contributed by atoms with Crippen molar-refractivity contribution in [3.05, 3.63) is 398 Å². The van der Waals surface area contributed by atoms with Crippen LogP contribution in [0.15, 0.2) is 419 Å². The van der Waals surface area contributed by atoms with Gasteiger partial charge in [0, 0.05) is 5.41 Å². The first kappa shape index (κ1) is 88.7. The van der Waals surface area contributed by atoms with Gasteiger partial charge in [-0.05, 0) is 310 Å². The number of methoxy groups -OCH3 is 4. The molecule has 0 N–H and O–H groups in total. The summed E-state index contributed by atoms with van der Waals surface area (Å²) in [5.41, 5.74) is 7.31. The van der Waals surface area contributed by atoms with Crippen LogP contribution in [0.1, 0.15) is 41.7 Å². The number of hydrogen-bond donors (Lipinski definition) is 0. The summed E-state index contributed by atoms with van der Waals surface area (Å²) in [4.78, 5) is 2.20. The average molecular weight is 1740 g/mol. The normalized spacial score (nSPS) is 11.5. The molecule has 0 saturated heterocycles. The molecule has 0 saturated carbocycles. The van der Waals surface area contributed by atoms with Crippen LogP contribution in [-0.2, 0) is 54.6 Å². The van der Waals surface area contributed by atoms with E-state index in [-0.39, 0.29) is 54.4 Å². The van der Waals surface area contributed by atoms with Crippen LogP contribution >= 0.6 is 0 Å². The molecule has 0 atom stereocenters. The van der Waals surface area contributed by atoms with Crippen molar-refractivity contribution >= 4 is 49.2 Å².